The van der Waals surface area contributed by atoms with E-state index < -0.39 is 5.97 Å². The Morgan fingerprint density at radius 3 is 2.51 bits per heavy atom. The Kier molecular flexibility index (Phi) is 6.12. The maximum absolute atomic E-state index is 11.8. The van der Waals surface area contributed by atoms with Crippen molar-refractivity contribution in [3.63, 3.8) is 0 Å². The minimum Gasteiger partial charge on any atom is -0.478 e. The Balaban J connectivity index is 1.41. The predicted octanol–water partition coefficient (Wildman–Crippen LogP) is 7.61. The maximum atomic E-state index is 11.8. The summed E-state index contributed by atoms with van der Waals surface area (Å²) in [6.45, 7) is 15.9. The highest BCUT2D eigenvalue weighted by Crippen LogP contribution is 2.70. The van der Waals surface area contributed by atoms with Crippen LogP contribution in [0.3, 0.4) is 0 Å². The number of furan rings is 1. The molecule has 37 heavy (non-hydrogen) atoms. The fourth-order valence-electron chi connectivity index (χ4n) is 9.22. The van der Waals surface area contributed by atoms with Gasteiger partial charge in [0.2, 0.25) is 0 Å². The summed E-state index contributed by atoms with van der Waals surface area (Å²) in [7, 11) is 0. The van der Waals surface area contributed by atoms with E-state index >= 15 is 0 Å². The summed E-state index contributed by atoms with van der Waals surface area (Å²) in [5.74, 6) is 1.04. The normalized spacial score (nSPS) is 38.9. The van der Waals surface area contributed by atoms with Gasteiger partial charge >= 0.3 is 11.9 Å². The number of ether oxygens (including phenoxy) is 1. The summed E-state index contributed by atoms with van der Waals surface area (Å²) >= 11 is 0. The lowest BCUT2D eigenvalue weighted by Crippen LogP contribution is -2.56. The first kappa shape index (κ1) is 26.3. The summed E-state index contributed by atoms with van der Waals surface area (Å²) in [4.78, 5) is 23.1. The van der Waals surface area contributed by atoms with Gasteiger partial charge in [-0.3, -0.25) is 4.79 Å². The average molecular weight is 509 g/mol. The number of aromatic carboxylic acids is 1. The zero-order chi connectivity index (χ0) is 27.0. The lowest BCUT2D eigenvalue weighted by atomic mass is 9.43. The molecule has 1 aromatic heterocycles. The lowest BCUT2D eigenvalue weighted by molar-refractivity contribution is -0.172. The molecule has 1 N–H and O–H groups in total. The van der Waals surface area contributed by atoms with Crippen molar-refractivity contribution >= 4 is 11.9 Å². The molecule has 1 aromatic rings. The number of carboxylic acid groups (broad SMARTS) is 1. The van der Waals surface area contributed by atoms with Crippen LogP contribution in [0.1, 0.15) is 103 Å². The van der Waals surface area contributed by atoms with Crippen LogP contribution in [0, 0.1) is 39.4 Å². The molecule has 4 aliphatic carbocycles. The first-order chi connectivity index (χ1) is 17.2. The fraction of sp³-hybridized carbons (Fsp3) is 0.688. The van der Waals surface area contributed by atoms with Crippen molar-refractivity contribution in [3.05, 3.63) is 47.0 Å². The molecule has 0 saturated heterocycles. The van der Waals surface area contributed by atoms with Gasteiger partial charge in [-0.05, 0) is 89.7 Å². The number of carbonyl (C=O) groups is 2. The highest BCUT2D eigenvalue weighted by Gasteiger charge is 2.62. The molecule has 5 rings (SSSR count). The molecule has 0 amide bonds. The molecule has 0 aliphatic heterocycles. The number of fused-ring (bicyclic) bond motifs is 5. The van der Waals surface area contributed by atoms with Crippen molar-refractivity contribution in [1.82, 2.24) is 0 Å². The van der Waals surface area contributed by atoms with E-state index in [0.29, 0.717) is 17.8 Å². The molecule has 5 nitrogen and oxygen atoms in total. The molecule has 2 fully saturated rings. The maximum Gasteiger partial charge on any atom is 0.338 e. The standard InChI is InChI=1S/C32H44O5/c1-19(16-22-17-21(18-36-22)28(34)35)31(6)14-11-25-23-8-9-26-29(3,4)27(37-20(2)33)12-13-30(26,5)24(23)10-15-32(25,31)7/h8,11,17-19,24,26-27H,9-10,12-16H2,1-7H3,(H,34,35)/t19-,24-,26+,27-,30-,31+,32-/m1/s1. The second-order valence-electron chi connectivity index (χ2n) is 13.8. The molecule has 0 radical (unpaired) electrons. The molecular formula is C32H44O5. The van der Waals surface area contributed by atoms with Gasteiger partial charge in [0.15, 0.2) is 0 Å². The Morgan fingerprint density at radius 2 is 1.86 bits per heavy atom. The molecule has 0 spiro atoms. The van der Waals surface area contributed by atoms with Crippen LogP contribution < -0.4 is 0 Å². The van der Waals surface area contributed by atoms with Crippen molar-refractivity contribution < 1.29 is 23.8 Å². The number of rotatable bonds is 5. The number of hydrogen-bond acceptors (Lipinski definition) is 4. The second kappa shape index (κ2) is 8.61. The summed E-state index contributed by atoms with van der Waals surface area (Å²) in [6.07, 6.45) is 13.6. The largest absolute Gasteiger partial charge is 0.478 e. The van der Waals surface area contributed by atoms with Crippen LogP contribution >= 0.6 is 0 Å². The quantitative estimate of drug-likeness (QED) is 0.414. The summed E-state index contributed by atoms with van der Waals surface area (Å²) < 4.78 is 11.5. The number of allylic oxidation sites excluding steroid dienone is 4. The van der Waals surface area contributed by atoms with Crippen LogP contribution in [-0.4, -0.2) is 23.1 Å². The van der Waals surface area contributed by atoms with Crippen LogP contribution in [0.5, 0.6) is 0 Å². The zero-order valence-electron chi connectivity index (χ0n) is 23.6. The van der Waals surface area contributed by atoms with E-state index in [2.05, 4.69) is 53.7 Å². The van der Waals surface area contributed by atoms with Gasteiger partial charge in [-0.15, -0.1) is 0 Å². The van der Waals surface area contributed by atoms with Crippen molar-refractivity contribution in [2.45, 2.75) is 99.5 Å². The first-order valence-electron chi connectivity index (χ1n) is 14.1. The summed E-state index contributed by atoms with van der Waals surface area (Å²) in [5.41, 5.74) is 3.69. The van der Waals surface area contributed by atoms with Gasteiger partial charge in [-0.2, -0.15) is 0 Å². The molecule has 0 unspecified atom stereocenters. The molecule has 2 saturated carbocycles. The van der Waals surface area contributed by atoms with Gasteiger partial charge in [0.1, 0.15) is 18.1 Å². The van der Waals surface area contributed by atoms with Crippen molar-refractivity contribution in [2.75, 3.05) is 0 Å². The molecule has 202 valence electrons. The van der Waals surface area contributed by atoms with Crippen LogP contribution in [0.25, 0.3) is 0 Å². The topological polar surface area (TPSA) is 76.7 Å². The molecular weight excluding hydrogens is 464 g/mol. The van der Waals surface area contributed by atoms with E-state index in [0.717, 1.165) is 44.3 Å². The van der Waals surface area contributed by atoms with Gasteiger partial charge in [0.25, 0.3) is 0 Å². The van der Waals surface area contributed by atoms with Gasteiger partial charge < -0.3 is 14.3 Å². The molecule has 4 aliphatic rings. The average Bonchev–Trinajstić information content (AvgIpc) is 3.39. The van der Waals surface area contributed by atoms with Crippen LogP contribution in [0.15, 0.2) is 40.0 Å². The Morgan fingerprint density at radius 1 is 1.14 bits per heavy atom. The van der Waals surface area contributed by atoms with E-state index in [4.69, 9.17) is 9.15 Å². The van der Waals surface area contributed by atoms with E-state index in [1.54, 1.807) is 17.2 Å². The molecule has 0 aromatic carbocycles. The first-order valence-corrected chi connectivity index (χ1v) is 14.1. The van der Waals surface area contributed by atoms with Gasteiger partial charge in [0, 0.05) is 18.8 Å². The minimum atomic E-state index is -0.940. The third kappa shape index (κ3) is 3.78. The van der Waals surface area contributed by atoms with Gasteiger partial charge in [-0.25, -0.2) is 4.79 Å². The van der Waals surface area contributed by atoms with Crippen molar-refractivity contribution in [1.29, 1.82) is 0 Å². The van der Waals surface area contributed by atoms with Crippen molar-refractivity contribution in [2.24, 2.45) is 39.4 Å². The van der Waals surface area contributed by atoms with E-state index in [9.17, 15) is 14.7 Å². The van der Waals surface area contributed by atoms with E-state index in [1.807, 2.05) is 0 Å². The lowest BCUT2D eigenvalue weighted by Gasteiger charge is -2.62. The third-order valence-electron chi connectivity index (χ3n) is 11.8. The Labute approximate surface area is 221 Å². The monoisotopic (exact) mass is 508 g/mol. The highest BCUT2D eigenvalue weighted by molar-refractivity contribution is 5.87. The second-order valence-corrected chi connectivity index (χ2v) is 13.8. The van der Waals surface area contributed by atoms with Gasteiger partial charge in [-0.1, -0.05) is 53.7 Å². The van der Waals surface area contributed by atoms with E-state index in [1.165, 1.54) is 19.6 Å². The number of carboxylic acids is 1. The van der Waals surface area contributed by atoms with Crippen LogP contribution in [0.2, 0.25) is 0 Å². The highest BCUT2D eigenvalue weighted by atomic mass is 16.5. The van der Waals surface area contributed by atoms with Gasteiger partial charge in [0.05, 0.1) is 5.56 Å². The molecule has 7 atom stereocenters. The Bertz CT molecular complexity index is 1170. The predicted molar refractivity (Wildman–Crippen MR) is 143 cm³/mol. The Hall–Kier alpha value is -2.30. The zero-order valence-corrected chi connectivity index (χ0v) is 23.6. The molecule has 1 heterocycles. The fourth-order valence-corrected chi connectivity index (χ4v) is 9.22. The molecule has 5 heteroatoms. The van der Waals surface area contributed by atoms with E-state index in [-0.39, 0.29) is 39.3 Å². The number of carbonyl (C=O) groups excluding carboxylic acids is 1. The summed E-state index contributed by atoms with van der Waals surface area (Å²) in [6, 6.07) is 1.68. The van der Waals surface area contributed by atoms with Crippen LogP contribution in [-0.2, 0) is 16.0 Å². The van der Waals surface area contributed by atoms with Crippen LogP contribution in [0.4, 0.5) is 0 Å². The number of hydrogen-bond donors (Lipinski definition) is 1. The minimum absolute atomic E-state index is 0.00929. The molecule has 0 bridgehead atoms. The third-order valence-corrected chi connectivity index (χ3v) is 11.8. The SMILES string of the molecule is CC(=O)O[C@@H]1CC[C@]2(C)[C@@H]3CC[C@]4(C)C(=CC[C@@]4(C)[C@H](C)Cc4cc(C(=O)O)co4)C3=CC[C@H]2C1(C)C. The summed E-state index contributed by atoms with van der Waals surface area (Å²) in [5, 5.41) is 9.29. The van der Waals surface area contributed by atoms with Crippen molar-refractivity contribution in [3.8, 4) is 0 Å². The smallest absolute Gasteiger partial charge is 0.338 e. The number of esters is 1.